The molecule has 0 radical (unpaired) electrons. The Bertz CT molecular complexity index is 426. The third-order valence-electron chi connectivity index (χ3n) is 3.18. The van der Waals surface area contributed by atoms with Crippen molar-refractivity contribution in [3.8, 4) is 0 Å². The van der Waals surface area contributed by atoms with E-state index < -0.39 is 0 Å². The number of nitrogens with zero attached hydrogens (tertiary/aromatic N) is 1. The van der Waals surface area contributed by atoms with Crippen molar-refractivity contribution in [2.45, 2.75) is 52.6 Å². The van der Waals surface area contributed by atoms with Gasteiger partial charge in [-0.05, 0) is 33.3 Å². The number of carbonyl (C=O) groups excluding carboxylic acids is 2. The van der Waals surface area contributed by atoms with Gasteiger partial charge in [0.25, 0.3) is 5.91 Å². The normalized spacial score (nSPS) is 12.2. The third kappa shape index (κ3) is 4.72. The van der Waals surface area contributed by atoms with Crippen LogP contribution < -0.4 is 5.32 Å². The Hall–Kier alpha value is -1.78. The second kappa shape index (κ2) is 7.72. The Kier molecular flexibility index (Phi) is 6.28. The first kappa shape index (κ1) is 16.3. The largest absolute Gasteiger partial charge is 0.472 e. The van der Waals surface area contributed by atoms with Crippen LogP contribution in [-0.4, -0.2) is 35.3 Å². The molecule has 1 N–H and O–H groups in total. The average molecular weight is 280 g/mol. The molecule has 1 rings (SSSR count). The van der Waals surface area contributed by atoms with Crippen LogP contribution in [0.4, 0.5) is 0 Å². The van der Waals surface area contributed by atoms with E-state index in [-0.39, 0.29) is 23.9 Å². The van der Waals surface area contributed by atoms with E-state index in [1.54, 1.807) is 11.0 Å². The second-order valence-electron chi connectivity index (χ2n) is 5.24. The van der Waals surface area contributed by atoms with Crippen LogP contribution in [0.3, 0.4) is 0 Å². The van der Waals surface area contributed by atoms with Crippen LogP contribution in [-0.2, 0) is 4.79 Å². The molecular formula is C15H24N2O3. The average Bonchev–Trinajstić information content (AvgIpc) is 2.91. The van der Waals surface area contributed by atoms with Gasteiger partial charge in [0.15, 0.2) is 0 Å². The molecule has 1 unspecified atom stereocenters. The minimum absolute atomic E-state index is 0.0340. The Labute approximate surface area is 120 Å². The number of hydrogen-bond acceptors (Lipinski definition) is 3. The molecule has 0 aliphatic rings. The van der Waals surface area contributed by atoms with Crippen molar-refractivity contribution >= 4 is 11.8 Å². The lowest BCUT2D eigenvalue weighted by Crippen LogP contribution is -2.41. The first-order valence-corrected chi connectivity index (χ1v) is 7.08. The zero-order chi connectivity index (χ0) is 15.1. The van der Waals surface area contributed by atoms with Gasteiger partial charge in [0.05, 0.1) is 11.8 Å². The molecule has 0 aliphatic carbocycles. The fourth-order valence-electron chi connectivity index (χ4n) is 1.91. The quantitative estimate of drug-likeness (QED) is 0.834. The molecular weight excluding hydrogens is 256 g/mol. The van der Waals surface area contributed by atoms with E-state index in [0.29, 0.717) is 18.5 Å². The van der Waals surface area contributed by atoms with Crippen molar-refractivity contribution in [1.29, 1.82) is 0 Å². The molecule has 0 aromatic carbocycles. The third-order valence-corrected chi connectivity index (χ3v) is 3.18. The monoisotopic (exact) mass is 280 g/mol. The number of amides is 2. The summed E-state index contributed by atoms with van der Waals surface area (Å²) >= 11 is 0. The number of hydrogen-bond donors (Lipinski definition) is 1. The molecule has 1 atom stereocenters. The van der Waals surface area contributed by atoms with E-state index in [0.717, 1.165) is 6.42 Å². The van der Waals surface area contributed by atoms with E-state index >= 15 is 0 Å². The first-order chi connectivity index (χ1) is 9.45. The summed E-state index contributed by atoms with van der Waals surface area (Å²) in [6.45, 7) is 8.26. The van der Waals surface area contributed by atoms with Crippen LogP contribution in [0.2, 0.25) is 0 Å². The maximum atomic E-state index is 12.4. The van der Waals surface area contributed by atoms with Crippen LogP contribution in [0.15, 0.2) is 23.0 Å². The zero-order valence-electron chi connectivity index (χ0n) is 12.7. The molecule has 1 aromatic rings. The molecule has 0 spiro atoms. The van der Waals surface area contributed by atoms with Crippen LogP contribution in [0, 0.1) is 0 Å². The van der Waals surface area contributed by atoms with Crippen LogP contribution in [0.5, 0.6) is 0 Å². The SMILES string of the molecule is CCC(C)N(CCC(=O)NC(C)C)C(=O)c1ccoc1. The maximum Gasteiger partial charge on any atom is 0.257 e. The van der Waals surface area contributed by atoms with Gasteiger partial charge >= 0.3 is 0 Å². The highest BCUT2D eigenvalue weighted by atomic mass is 16.3. The van der Waals surface area contributed by atoms with Crippen molar-refractivity contribution in [2.24, 2.45) is 0 Å². The highest BCUT2D eigenvalue weighted by Crippen LogP contribution is 2.12. The summed E-state index contributed by atoms with van der Waals surface area (Å²) in [5.41, 5.74) is 0.523. The van der Waals surface area contributed by atoms with Crippen molar-refractivity contribution in [2.75, 3.05) is 6.54 Å². The summed E-state index contributed by atoms with van der Waals surface area (Å²) in [6.07, 6.45) is 4.07. The van der Waals surface area contributed by atoms with Gasteiger partial charge in [0, 0.05) is 25.0 Å². The van der Waals surface area contributed by atoms with Gasteiger partial charge in [0.2, 0.25) is 5.91 Å². The molecule has 0 fully saturated rings. The van der Waals surface area contributed by atoms with Gasteiger partial charge in [-0.15, -0.1) is 0 Å². The van der Waals surface area contributed by atoms with Gasteiger partial charge < -0.3 is 14.6 Å². The predicted molar refractivity (Wildman–Crippen MR) is 77.4 cm³/mol. The highest BCUT2D eigenvalue weighted by molar-refractivity contribution is 5.94. The maximum absolute atomic E-state index is 12.4. The summed E-state index contributed by atoms with van der Waals surface area (Å²) in [4.78, 5) is 25.8. The smallest absolute Gasteiger partial charge is 0.257 e. The molecule has 1 aromatic heterocycles. The molecule has 0 saturated carbocycles. The minimum Gasteiger partial charge on any atom is -0.472 e. The van der Waals surface area contributed by atoms with Gasteiger partial charge in [-0.2, -0.15) is 0 Å². The van der Waals surface area contributed by atoms with E-state index in [2.05, 4.69) is 5.32 Å². The van der Waals surface area contributed by atoms with Gasteiger partial charge in [-0.25, -0.2) is 0 Å². The Morgan fingerprint density at radius 1 is 1.35 bits per heavy atom. The van der Waals surface area contributed by atoms with Crippen LogP contribution in [0.25, 0.3) is 0 Å². The lowest BCUT2D eigenvalue weighted by Gasteiger charge is -2.28. The number of nitrogens with one attached hydrogen (secondary N) is 1. The summed E-state index contributed by atoms with van der Waals surface area (Å²) in [5, 5.41) is 2.83. The molecule has 20 heavy (non-hydrogen) atoms. The van der Waals surface area contributed by atoms with Gasteiger partial charge in [-0.3, -0.25) is 9.59 Å². The van der Waals surface area contributed by atoms with Crippen LogP contribution in [0.1, 0.15) is 50.9 Å². The van der Waals surface area contributed by atoms with E-state index in [1.165, 1.54) is 12.5 Å². The standard InChI is InChI=1S/C15H24N2O3/c1-5-12(4)17(8-6-14(18)16-11(2)3)15(19)13-7-9-20-10-13/h7,9-12H,5-6,8H2,1-4H3,(H,16,18). The molecule has 2 amide bonds. The molecule has 5 heteroatoms. The van der Waals surface area contributed by atoms with Crippen molar-refractivity contribution < 1.29 is 14.0 Å². The molecule has 112 valence electrons. The lowest BCUT2D eigenvalue weighted by molar-refractivity contribution is -0.121. The molecule has 0 aliphatic heterocycles. The number of rotatable bonds is 7. The summed E-state index contributed by atoms with van der Waals surface area (Å²) in [6, 6.07) is 1.85. The molecule has 1 heterocycles. The summed E-state index contributed by atoms with van der Waals surface area (Å²) in [7, 11) is 0. The van der Waals surface area contributed by atoms with Crippen molar-refractivity contribution in [3.63, 3.8) is 0 Å². The topological polar surface area (TPSA) is 62.6 Å². The number of carbonyl (C=O) groups is 2. The fourth-order valence-corrected chi connectivity index (χ4v) is 1.91. The first-order valence-electron chi connectivity index (χ1n) is 7.08. The Balaban J connectivity index is 2.66. The highest BCUT2D eigenvalue weighted by Gasteiger charge is 2.22. The molecule has 0 bridgehead atoms. The Morgan fingerprint density at radius 3 is 2.55 bits per heavy atom. The predicted octanol–water partition coefficient (Wildman–Crippen LogP) is 2.44. The van der Waals surface area contributed by atoms with Crippen molar-refractivity contribution in [1.82, 2.24) is 10.2 Å². The van der Waals surface area contributed by atoms with Gasteiger partial charge in [-0.1, -0.05) is 6.92 Å². The number of furan rings is 1. The Morgan fingerprint density at radius 2 is 2.05 bits per heavy atom. The van der Waals surface area contributed by atoms with Gasteiger partial charge in [0.1, 0.15) is 6.26 Å². The van der Waals surface area contributed by atoms with E-state index in [9.17, 15) is 9.59 Å². The second-order valence-corrected chi connectivity index (χ2v) is 5.24. The minimum atomic E-state index is -0.0922. The van der Waals surface area contributed by atoms with E-state index in [4.69, 9.17) is 4.42 Å². The molecule has 0 saturated heterocycles. The van der Waals surface area contributed by atoms with Crippen LogP contribution >= 0.6 is 0 Å². The fraction of sp³-hybridized carbons (Fsp3) is 0.600. The summed E-state index contributed by atoms with van der Waals surface area (Å²) < 4.78 is 4.95. The zero-order valence-corrected chi connectivity index (χ0v) is 12.7. The molecule has 5 nitrogen and oxygen atoms in total. The summed E-state index contributed by atoms with van der Waals surface area (Å²) in [5.74, 6) is -0.126. The van der Waals surface area contributed by atoms with Crippen molar-refractivity contribution in [3.05, 3.63) is 24.2 Å². The van der Waals surface area contributed by atoms with E-state index in [1.807, 2.05) is 27.7 Å². The lowest BCUT2D eigenvalue weighted by atomic mass is 10.1.